The highest BCUT2D eigenvalue weighted by atomic mass is 16.6. The molecule has 1 aliphatic rings. The van der Waals surface area contributed by atoms with Gasteiger partial charge in [-0.3, -0.25) is 10.1 Å². The largest absolute Gasteiger partial charge is 0.462 e. The van der Waals surface area contributed by atoms with Crippen molar-refractivity contribution in [3.63, 3.8) is 0 Å². The van der Waals surface area contributed by atoms with Crippen LogP contribution in [0.2, 0.25) is 0 Å². The van der Waals surface area contributed by atoms with Crippen molar-refractivity contribution in [2.45, 2.75) is 26.2 Å². The molecule has 0 aliphatic carbocycles. The number of rotatable bonds is 6. The maximum Gasteiger partial charge on any atom is 0.349 e. The first-order valence-corrected chi connectivity index (χ1v) is 9.46. The molecule has 0 N–H and O–H groups in total. The molecular weight excluding hydrogens is 374 g/mol. The molecule has 0 radical (unpaired) electrons. The summed E-state index contributed by atoms with van der Waals surface area (Å²) < 4.78 is 10.5. The fraction of sp³-hybridized carbons (Fsp3) is 0.333. The number of anilines is 1. The van der Waals surface area contributed by atoms with Crippen molar-refractivity contribution in [2.24, 2.45) is 0 Å². The maximum atomic E-state index is 11.7. The van der Waals surface area contributed by atoms with Crippen LogP contribution in [0.5, 0.6) is 0 Å². The Labute approximate surface area is 168 Å². The van der Waals surface area contributed by atoms with Gasteiger partial charge in [-0.15, -0.1) is 0 Å². The first kappa shape index (κ1) is 20.1. The lowest BCUT2D eigenvalue weighted by Crippen LogP contribution is -2.29. The zero-order valence-corrected chi connectivity index (χ0v) is 16.1. The summed E-state index contributed by atoms with van der Waals surface area (Å²) in [6.45, 7) is 3.42. The van der Waals surface area contributed by atoms with Gasteiger partial charge in [-0.05, 0) is 50.5 Å². The Morgan fingerprint density at radius 2 is 2.07 bits per heavy atom. The van der Waals surface area contributed by atoms with E-state index in [1.807, 2.05) is 4.90 Å². The normalized spacial score (nSPS) is 14.3. The minimum Gasteiger partial charge on any atom is -0.462 e. The van der Waals surface area contributed by atoms with Gasteiger partial charge in [0.15, 0.2) is 0 Å². The number of ether oxygens (including phenoxy) is 1. The second-order valence-electron chi connectivity index (χ2n) is 6.60. The Morgan fingerprint density at radius 3 is 2.72 bits per heavy atom. The Hall–Kier alpha value is -3.60. The molecule has 29 heavy (non-hydrogen) atoms. The summed E-state index contributed by atoms with van der Waals surface area (Å²) in [4.78, 5) is 25.0. The number of hydrogen-bond donors (Lipinski definition) is 0. The van der Waals surface area contributed by atoms with Crippen LogP contribution in [0.15, 0.2) is 40.3 Å². The standard InChI is InChI=1S/C21H21N3O5/c1-2-28-21(25)16(14-22)12-17-7-9-20(29-17)15-6-8-18(19(13-15)24(26)27)23-10-4-3-5-11-23/h6-9,12-13H,2-5,10-11H2,1H3/b16-12-. The van der Waals surface area contributed by atoms with Gasteiger partial charge in [0.25, 0.3) is 5.69 Å². The van der Waals surface area contributed by atoms with Crippen molar-refractivity contribution in [3.8, 4) is 17.4 Å². The van der Waals surface area contributed by atoms with Crippen LogP contribution in [0.4, 0.5) is 11.4 Å². The third-order valence-corrected chi connectivity index (χ3v) is 4.68. The van der Waals surface area contributed by atoms with Crippen LogP contribution in [0.1, 0.15) is 31.9 Å². The summed E-state index contributed by atoms with van der Waals surface area (Å²) in [6, 6.07) is 10.0. The van der Waals surface area contributed by atoms with Gasteiger partial charge in [0.05, 0.1) is 11.5 Å². The molecule has 0 bridgehead atoms. The molecule has 2 heterocycles. The highest BCUT2D eigenvalue weighted by molar-refractivity contribution is 5.97. The average Bonchev–Trinajstić information content (AvgIpc) is 3.21. The summed E-state index contributed by atoms with van der Waals surface area (Å²) in [5.41, 5.74) is 1.01. The van der Waals surface area contributed by atoms with Crippen LogP contribution in [-0.4, -0.2) is 30.6 Å². The molecule has 1 aromatic carbocycles. The predicted molar refractivity (Wildman–Crippen MR) is 107 cm³/mol. The summed E-state index contributed by atoms with van der Waals surface area (Å²) in [6.07, 6.45) is 4.47. The quantitative estimate of drug-likeness (QED) is 0.235. The van der Waals surface area contributed by atoms with Crippen molar-refractivity contribution in [1.29, 1.82) is 5.26 Å². The van der Waals surface area contributed by atoms with E-state index < -0.39 is 5.97 Å². The monoisotopic (exact) mass is 395 g/mol. The number of benzene rings is 1. The lowest BCUT2D eigenvalue weighted by Gasteiger charge is -2.28. The number of furan rings is 1. The lowest BCUT2D eigenvalue weighted by atomic mass is 10.1. The maximum absolute atomic E-state index is 11.7. The molecule has 150 valence electrons. The molecule has 0 atom stereocenters. The van der Waals surface area contributed by atoms with E-state index in [9.17, 15) is 14.9 Å². The molecule has 1 saturated heterocycles. The number of nitro benzene ring substituents is 1. The van der Waals surface area contributed by atoms with Crippen molar-refractivity contribution in [1.82, 2.24) is 0 Å². The predicted octanol–water partition coefficient (Wildman–Crippen LogP) is 4.32. The van der Waals surface area contributed by atoms with Gasteiger partial charge >= 0.3 is 5.97 Å². The van der Waals surface area contributed by atoms with Crippen LogP contribution in [0, 0.1) is 21.4 Å². The van der Waals surface area contributed by atoms with Crippen molar-refractivity contribution in [2.75, 3.05) is 24.6 Å². The molecule has 1 aliphatic heterocycles. The lowest BCUT2D eigenvalue weighted by molar-refractivity contribution is -0.384. The molecule has 8 nitrogen and oxygen atoms in total. The number of nitrogens with zero attached hydrogens (tertiary/aromatic N) is 3. The van der Waals surface area contributed by atoms with Crippen LogP contribution < -0.4 is 4.90 Å². The number of nitro groups is 1. The Kier molecular flexibility index (Phi) is 6.29. The van der Waals surface area contributed by atoms with Gasteiger partial charge in [-0.2, -0.15) is 5.26 Å². The summed E-state index contributed by atoms with van der Waals surface area (Å²) in [7, 11) is 0. The van der Waals surface area contributed by atoms with E-state index in [4.69, 9.17) is 14.4 Å². The molecule has 0 unspecified atom stereocenters. The zero-order valence-electron chi connectivity index (χ0n) is 16.1. The van der Waals surface area contributed by atoms with Gasteiger partial charge in [0.2, 0.25) is 0 Å². The molecule has 1 aromatic heterocycles. The number of piperidine rings is 1. The Balaban J connectivity index is 1.90. The fourth-order valence-electron chi connectivity index (χ4n) is 3.30. The van der Waals surface area contributed by atoms with Gasteiger partial charge < -0.3 is 14.1 Å². The molecule has 2 aromatic rings. The van der Waals surface area contributed by atoms with Crippen LogP contribution >= 0.6 is 0 Å². The molecule has 0 amide bonds. The van der Waals surface area contributed by atoms with E-state index in [1.54, 1.807) is 37.3 Å². The number of carbonyl (C=O) groups is 1. The zero-order chi connectivity index (χ0) is 20.8. The first-order valence-electron chi connectivity index (χ1n) is 9.46. The van der Waals surface area contributed by atoms with Gasteiger partial charge in [0, 0.05) is 30.8 Å². The minimum atomic E-state index is -0.727. The number of nitriles is 1. The second kappa shape index (κ2) is 9.06. The Morgan fingerprint density at radius 1 is 1.31 bits per heavy atom. The van der Waals surface area contributed by atoms with Crippen LogP contribution in [-0.2, 0) is 9.53 Å². The van der Waals surface area contributed by atoms with Gasteiger partial charge in [-0.1, -0.05) is 0 Å². The van der Waals surface area contributed by atoms with E-state index >= 15 is 0 Å². The molecule has 0 saturated carbocycles. The number of hydrogen-bond acceptors (Lipinski definition) is 7. The molecular formula is C21H21N3O5. The minimum absolute atomic E-state index is 0.0297. The highest BCUT2D eigenvalue weighted by Crippen LogP contribution is 2.35. The number of carbonyl (C=O) groups excluding carboxylic acids is 1. The van der Waals surface area contributed by atoms with E-state index in [0.717, 1.165) is 32.4 Å². The van der Waals surface area contributed by atoms with Gasteiger partial charge in [0.1, 0.15) is 28.9 Å². The fourth-order valence-corrected chi connectivity index (χ4v) is 3.30. The van der Waals surface area contributed by atoms with Crippen molar-refractivity contribution < 1.29 is 18.9 Å². The molecule has 0 spiro atoms. The SMILES string of the molecule is CCOC(=O)/C(C#N)=C\c1ccc(-c2ccc(N3CCCCC3)c([N+](=O)[O-])c2)o1. The molecule has 8 heteroatoms. The van der Waals surface area contributed by atoms with Gasteiger partial charge in [-0.25, -0.2) is 4.79 Å². The number of esters is 1. The van der Waals surface area contributed by atoms with Crippen molar-refractivity contribution in [3.05, 3.63) is 51.8 Å². The summed E-state index contributed by atoms with van der Waals surface area (Å²) in [5.74, 6) is -0.0347. The highest BCUT2D eigenvalue weighted by Gasteiger charge is 2.22. The Bertz CT molecular complexity index is 980. The van der Waals surface area contributed by atoms with E-state index in [2.05, 4.69) is 0 Å². The summed E-state index contributed by atoms with van der Waals surface area (Å²) >= 11 is 0. The molecule has 1 fully saturated rings. The van der Waals surface area contributed by atoms with Crippen molar-refractivity contribution >= 4 is 23.4 Å². The smallest absolute Gasteiger partial charge is 0.349 e. The first-order chi connectivity index (χ1) is 14.0. The third kappa shape index (κ3) is 4.63. The average molecular weight is 395 g/mol. The van der Waals surface area contributed by atoms with Crippen LogP contribution in [0.25, 0.3) is 17.4 Å². The van der Waals surface area contributed by atoms with E-state index in [-0.39, 0.29) is 28.6 Å². The van der Waals surface area contributed by atoms with E-state index in [1.165, 1.54) is 12.1 Å². The summed E-state index contributed by atoms with van der Waals surface area (Å²) in [5, 5.41) is 20.7. The molecule has 3 rings (SSSR count). The third-order valence-electron chi connectivity index (χ3n) is 4.68. The second-order valence-corrected chi connectivity index (χ2v) is 6.60. The van der Waals surface area contributed by atoms with E-state index in [0.29, 0.717) is 17.0 Å². The topological polar surface area (TPSA) is 110 Å². The van der Waals surface area contributed by atoms with Crippen LogP contribution in [0.3, 0.4) is 0 Å².